The predicted molar refractivity (Wildman–Crippen MR) is 104 cm³/mol. The number of hydrogen-bond acceptors (Lipinski definition) is 6. The zero-order chi connectivity index (χ0) is 21.8. The minimum absolute atomic E-state index is 0.299. The van der Waals surface area contributed by atoms with E-state index in [4.69, 9.17) is 4.74 Å². The van der Waals surface area contributed by atoms with Crippen molar-refractivity contribution >= 4 is 0 Å². The smallest absolute Gasteiger partial charge is 0.242 e. The lowest BCUT2D eigenvalue weighted by atomic mass is 9.88. The van der Waals surface area contributed by atoms with E-state index in [1.165, 1.54) is 0 Å². The van der Waals surface area contributed by atoms with Crippen LogP contribution >= 0.6 is 0 Å². The molecule has 3 rings (SSSR count). The minimum atomic E-state index is -2.40. The molecular weight excluding hydrogens is 398 g/mol. The Morgan fingerprint density at radius 1 is 0.833 bits per heavy atom. The normalized spacial score (nSPS) is 26.9. The van der Waals surface area contributed by atoms with Crippen molar-refractivity contribution in [2.45, 2.75) is 56.4 Å². The van der Waals surface area contributed by atoms with Crippen LogP contribution in [0.4, 0.5) is 8.78 Å². The van der Waals surface area contributed by atoms with Crippen molar-refractivity contribution in [3.63, 3.8) is 0 Å². The Hall–Kier alpha value is -1.94. The molecule has 0 saturated carbocycles. The van der Waals surface area contributed by atoms with Crippen molar-refractivity contribution in [1.82, 2.24) is 0 Å². The van der Waals surface area contributed by atoms with Crippen LogP contribution in [0, 0.1) is 0 Å². The lowest BCUT2D eigenvalue weighted by molar-refractivity contribution is -0.232. The first-order chi connectivity index (χ1) is 14.3. The Morgan fingerprint density at radius 3 is 2.07 bits per heavy atom. The maximum atomic E-state index is 12.5. The molecule has 0 spiro atoms. The summed E-state index contributed by atoms with van der Waals surface area (Å²) in [6.45, 7) is -0.868. The zero-order valence-electron chi connectivity index (χ0n) is 16.2. The van der Waals surface area contributed by atoms with Gasteiger partial charge in [0.25, 0.3) is 0 Å². The Balaban J connectivity index is 1.85. The summed E-state index contributed by atoms with van der Waals surface area (Å²) in [5.74, 6) is 0. The fourth-order valence-corrected chi connectivity index (χ4v) is 3.73. The van der Waals surface area contributed by atoms with Crippen molar-refractivity contribution in [3.8, 4) is 0 Å². The van der Waals surface area contributed by atoms with Gasteiger partial charge in [-0.25, -0.2) is 8.78 Å². The zero-order valence-corrected chi connectivity index (χ0v) is 16.2. The third-order valence-corrected chi connectivity index (χ3v) is 5.40. The molecule has 2 aromatic carbocycles. The van der Waals surface area contributed by atoms with Gasteiger partial charge in [-0.3, -0.25) is 0 Å². The predicted octanol–water partition coefficient (Wildman–Crippen LogP) is 1.09. The van der Waals surface area contributed by atoms with Gasteiger partial charge in [-0.1, -0.05) is 42.5 Å². The minimum Gasteiger partial charge on any atom is -0.394 e. The monoisotopic (exact) mass is 424 g/mol. The molecule has 1 saturated heterocycles. The van der Waals surface area contributed by atoms with Crippen LogP contribution in [0.25, 0.3) is 0 Å². The first-order valence-corrected chi connectivity index (χ1v) is 9.73. The van der Waals surface area contributed by atoms with Crippen LogP contribution in [0.15, 0.2) is 42.5 Å². The van der Waals surface area contributed by atoms with Crippen LogP contribution in [0.2, 0.25) is 0 Å². The molecule has 1 fully saturated rings. The van der Waals surface area contributed by atoms with Crippen molar-refractivity contribution in [2.24, 2.45) is 0 Å². The van der Waals surface area contributed by atoms with Crippen molar-refractivity contribution in [1.29, 1.82) is 0 Å². The average molecular weight is 424 g/mol. The van der Waals surface area contributed by atoms with Gasteiger partial charge in [0.05, 0.1) is 13.2 Å². The fraction of sp³-hybridized carbons (Fsp3) is 0.455. The van der Waals surface area contributed by atoms with E-state index < -0.39 is 43.6 Å². The molecular formula is C22H26F2O6. The first kappa shape index (κ1) is 22.7. The maximum Gasteiger partial charge on any atom is 0.242 e. The quantitative estimate of drug-likeness (QED) is 0.455. The number of benzene rings is 2. The molecule has 2 aromatic rings. The van der Waals surface area contributed by atoms with Crippen molar-refractivity contribution in [3.05, 3.63) is 70.3 Å². The third-order valence-electron chi connectivity index (χ3n) is 5.40. The SMILES string of the molecule is OCc1ccc(Cc2ccc(CC(F)F)cc2)cc1[C@@H]1O[C@H](CO)[C@@H](O)[C@H](O)[C@H]1O. The van der Waals surface area contributed by atoms with Crippen LogP contribution < -0.4 is 0 Å². The van der Waals surface area contributed by atoms with Gasteiger partial charge in [0.15, 0.2) is 0 Å². The van der Waals surface area contributed by atoms with Gasteiger partial charge >= 0.3 is 0 Å². The van der Waals surface area contributed by atoms with Crippen LogP contribution in [-0.2, 0) is 24.2 Å². The van der Waals surface area contributed by atoms with E-state index in [0.29, 0.717) is 23.1 Å². The molecule has 164 valence electrons. The largest absolute Gasteiger partial charge is 0.394 e. The number of alkyl halides is 2. The summed E-state index contributed by atoms with van der Waals surface area (Å²) in [6.07, 6.45) is -8.74. The van der Waals surface area contributed by atoms with Gasteiger partial charge in [-0.2, -0.15) is 0 Å². The van der Waals surface area contributed by atoms with Gasteiger partial charge in [0, 0.05) is 6.42 Å². The van der Waals surface area contributed by atoms with Crippen LogP contribution in [0.3, 0.4) is 0 Å². The molecule has 0 unspecified atom stereocenters. The fourth-order valence-electron chi connectivity index (χ4n) is 3.73. The lowest BCUT2D eigenvalue weighted by Crippen LogP contribution is -2.55. The number of ether oxygens (including phenoxy) is 1. The summed E-state index contributed by atoms with van der Waals surface area (Å²) in [5.41, 5.74) is 3.19. The highest BCUT2D eigenvalue weighted by molar-refractivity contribution is 5.37. The summed E-state index contributed by atoms with van der Waals surface area (Å²) in [5, 5.41) is 49.6. The molecule has 0 aromatic heterocycles. The lowest BCUT2D eigenvalue weighted by Gasteiger charge is -2.40. The standard InChI is InChI=1S/C22H26F2O6/c23-18(24)9-13-3-1-12(2-4-13)7-14-5-6-15(10-25)16(8-14)22-21(29)20(28)19(27)17(11-26)30-22/h1-6,8,17-22,25-29H,7,9-11H2/t17-,19-,20+,21-,22+/m1/s1. The van der Waals surface area contributed by atoms with E-state index in [1.807, 2.05) is 0 Å². The highest BCUT2D eigenvalue weighted by Gasteiger charge is 2.44. The van der Waals surface area contributed by atoms with E-state index in [1.54, 1.807) is 42.5 Å². The van der Waals surface area contributed by atoms with Crippen LogP contribution in [0.1, 0.15) is 33.9 Å². The molecule has 0 bridgehead atoms. The third kappa shape index (κ3) is 5.03. The molecule has 1 aliphatic heterocycles. The molecule has 5 N–H and O–H groups in total. The second-order valence-electron chi connectivity index (χ2n) is 7.53. The second kappa shape index (κ2) is 9.91. The summed E-state index contributed by atoms with van der Waals surface area (Å²) in [6, 6.07) is 12.1. The van der Waals surface area contributed by atoms with Gasteiger partial charge < -0.3 is 30.3 Å². The molecule has 8 heteroatoms. The molecule has 6 nitrogen and oxygen atoms in total. The number of aliphatic hydroxyl groups excluding tert-OH is 5. The van der Waals surface area contributed by atoms with Crippen molar-refractivity contribution in [2.75, 3.05) is 6.61 Å². The van der Waals surface area contributed by atoms with E-state index in [0.717, 1.165) is 11.1 Å². The Labute approximate surface area is 173 Å². The molecule has 0 amide bonds. The van der Waals surface area contributed by atoms with Crippen LogP contribution in [-0.4, -0.2) is 63.0 Å². The summed E-state index contributed by atoms with van der Waals surface area (Å²) >= 11 is 0. The first-order valence-electron chi connectivity index (χ1n) is 9.73. The van der Waals surface area contributed by atoms with Gasteiger partial charge in [0.2, 0.25) is 6.43 Å². The Morgan fingerprint density at radius 2 is 1.47 bits per heavy atom. The second-order valence-corrected chi connectivity index (χ2v) is 7.53. The van der Waals surface area contributed by atoms with E-state index in [-0.39, 0.29) is 13.0 Å². The molecule has 1 aliphatic rings. The van der Waals surface area contributed by atoms with E-state index in [9.17, 15) is 34.3 Å². The number of halogens is 2. The van der Waals surface area contributed by atoms with Gasteiger partial charge in [0.1, 0.15) is 30.5 Å². The highest BCUT2D eigenvalue weighted by atomic mass is 19.3. The van der Waals surface area contributed by atoms with E-state index in [2.05, 4.69) is 0 Å². The van der Waals surface area contributed by atoms with Crippen molar-refractivity contribution < 1.29 is 39.1 Å². The number of hydrogen-bond donors (Lipinski definition) is 5. The maximum absolute atomic E-state index is 12.5. The molecule has 1 heterocycles. The average Bonchev–Trinajstić information content (AvgIpc) is 2.73. The number of aliphatic hydroxyl groups is 5. The number of rotatable bonds is 7. The molecule has 0 radical (unpaired) electrons. The summed E-state index contributed by atoms with van der Waals surface area (Å²) < 4.78 is 30.6. The Kier molecular flexibility index (Phi) is 7.51. The van der Waals surface area contributed by atoms with E-state index >= 15 is 0 Å². The molecule has 30 heavy (non-hydrogen) atoms. The Bertz CT molecular complexity index is 827. The van der Waals surface area contributed by atoms with Gasteiger partial charge in [-0.15, -0.1) is 0 Å². The topological polar surface area (TPSA) is 110 Å². The summed E-state index contributed by atoms with van der Waals surface area (Å²) in [4.78, 5) is 0. The highest BCUT2D eigenvalue weighted by Crippen LogP contribution is 2.35. The molecule has 5 atom stereocenters. The molecule has 0 aliphatic carbocycles. The summed E-state index contributed by atoms with van der Waals surface area (Å²) in [7, 11) is 0. The van der Waals surface area contributed by atoms with Crippen LogP contribution in [0.5, 0.6) is 0 Å². The van der Waals surface area contributed by atoms with Gasteiger partial charge in [-0.05, 0) is 34.2 Å².